The summed E-state index contributed by atoms with van der Waals surface area (Å²) >= 11 is 2.00. The largest absolute Gasteiger partial charge is 0.375 e. The lowest BCUT2D eigenvalue weighted by Gasteiger charge is -2.23. The molecule has 1 aliphatic rings. The minimum absolute atomic E-state index is 0.612. The molecule has 1 heterocycles. The fourth-order valence-corrected chi connectivity index (χ4v) is 3.26. The number of aryl methyl sites for hydroxylation is 1. The molecule has 2 N–H and O–H groups in total. The van der Waals surface area contributed by atoms with Crippen molar-refractivity contribution in [1.82, 2.24) is 0 Å². The maximum atomic E-state index is 5.67. The number of nitrogens with zero attached hydrogens (tertiary/aromatic N) is 1. The highest BCUT2D eigenvalue weighted by Gasteiger charge is 2.11. The first-order valence-corrected chi connectivity index (χ1v) is 7.86. The Kier molecular flexibility index (Phi) is 4.95. The minimum atomic E-state index is 0.612. The van der Waals surface area contributed by atoms with E-state index in [2.05, 4.69) is 37.1 Å². The van der Waals surface area contributed by atoms with E-state index in [4.69, 9.17) is 5.73 Å². The van der Waals surface area contributed by atoms with Gasteiger partial charge in [0, 0.05) is 24.2 Å². The smallest absolute Gasteiger partial charge is 0.0367 e. The topological polar surface area (TPSA) is 29.3 Å². The van der Waals surface area contributed by atoms with E-state index in [1.807, 2.05) is 11.8 Å². The molecule has 2 rings (SSSR count). The Morgan fingerprint density at radius 3 is 3.06 bits per heavy atom. The van der Waals surface area contributed by atoms with Gasteiger partial charge in [0.05, 0.1) is 0 Å². The first-order valence-electron chi connectivity index (χ1n) is 6.87. The minimum Gasteiger partial charge on any atom is -0.375 e. The van der Waals surface area contributed by atoms with Gasteiger partial charge in [-0.1, -0.05) is 6.92 Å². The van der Waals surface area contributed by atoms with Crippen LogP contribution >= 0.6 is 11.8 Å². The maximum absolute atomic E-state index is 5.67. The normalized spacial score (nSPS) is 16.2. The predicted molar refractivity (Wildman–Crippen MR) is 81.6 cm³/mol. The number of hydrogen-bond donors (Lipinski definition) is 1. The second kappa shape index (κ2) is 6.48. The van der Waals surface area contributed by atoms with Crippen molar-refractivity contribution < 1.29 is 0 Å². The molecule has 2 nitrogen and oxygen atoms in total. The van der Waals surface area contributed by atoms with Crippen LogP contribution in [0.1, 0.15) is 25.3 Å². The molecule has 1 aromatic rings. The predicted octanol–water partition coefficient (Wildman–Crippen LogP) is 3.15. The summed E-state index contributed by atoms with van der Waals surface area (Å²) in [5.41, 5.74) is 8.54. The quantitative estimate of drug-likeness (QED) is 0.886. The van der Waals surface area contributed by atoms with E-state index >= 15 is 0 Å². The maximum Gasteiger partial charge on any atom is 0.0367 e. The van der Waals surface area contributed by atoms with Crippen LogP contribution in [0.25, 0.3) is 0 Å². The second-order valence-corrected chi connectivity index (χ2v) is 6.43. The van der Waals surface area contributed by atoms with Gasteiger partial charge in [-0.15, -0.1) is 11.8 Å². The summed E-state index contributed by atoms with van der Waals surface area (Å²) in [5, 5.41) is 0. The molecule has 1 aliphatic heterocycles. The molecule has 0 bridgehead atoms. The molecule has 0 radical (unpaired) electrons. The Morgan fingerprint density at radius 1 is 1.44 bits per heavy atom. The summed E-state index contributed by atoms with van der Waals surface area (Å²) < 4.78 is 0. The van der Waals surface area contributed by atoms with Gasteiger partial charge in [0.15, 0.2) is 0 Å². The van der Waals surface area contributed by atoms with E-state index in [0.29, 0.717) is 5.92 Å². The molecular weight excluding hydrogens is 240 g/mol. The number of fused-ring (bicyclic) bond motifs is 1. The van der Waals surface area contributed by atoms with E-state index in [9.17, 15) is 0 Å². The highest BCUT2D eigenvalue weighted by molar-refractivity contribution is 7.99. The van der Waals surface area contributed by atoms with Crippen molar-refractivity contribution in [1.29, 1.82) is 0 Å². The lowest BCUT2D eigenvalue weighted by atomic mass is 10.1. The molecule has 0 saturated carbocycles. The van der Waals surface area contributed by atoms with Crippen molar-refractivity contribution in [3.63, 3.8) is 0 Å². The van der Waals surface area contributed by atoms with Gasteiger partial charge in [0.1, 0.15) is 0 Å². The van der Waals surface area contributed by atoms with Crippen molar-refractivity contribution in [3.8, 4) is 0 Å². The van der Waals surface area contributed by atoms with Crippen LogP contribution in [0.15, 0.2) is 23.1 Å². The first-order chi connectivity index (χ1) is 8.70. The van der Waals surface area contributed by atoms with Crippen LogP contribution in [-0.4, -0.2) is 25.9 Å². The molecule has 18 heavy (non-hydrogen) atoms. The zero-order chi connectivity index (χ0) is 13.0. The summed E-state index contributed by atoms with van der Waals surface area (Å²) in [6.07, 6.45) is 3.72. The molecule has 0 saturated heterocycles. The Hall–Kier alpha value is -0.670. The van der Waals surface area contributed by atoms with Crippen LogP contribution in [0.4, 0.5) is 5.69 Å². The molecule has 3 heteroatoms. The van der Waals surface area contributed by atoms with Gasteiger partial charge in [-0.2, -0.15) is 0 Å². The van der Waals surface area contributed by atoms with Gasteiger partial charge >= 0.3 is 0 Å². The van der Waals surface area contributed by atoms with Crippen LogP contribution in [0.3, 0.4) is 0 Å². The first kappa shape index (κ1) is 13.8. The van der Waals surface area contributed by atoms with E-state index < -0.39 is 0 Å². The molecule has 1 aromatic carbocycles. The molecule has 100 valence electrons. The van der Waals surface area contributed by atoms with Gasteiger partial charge in [-0.25, -0.2) is 0 Å². The van der Waals surface area contributed by atoms with Crippen LogP contribution in [0.2, 0.25) is 0 Å². The van der Waals surface area contributed by atoms with Gasteiger partial charge in [-0.3, -0.25) is 0 Å². The third kappa shape index (κ3) is 3.42. The zero-order valence-electron chi connectivity index (χ0n) is 11.5. The number of benzene rings is 1. The SMILES string of the molecule is CC(CN)CCN(C)c1ccc2c(c1)CCCS2. The van der Waals surface area contributed by atoms with Gasteiger partial charge in [0.2, 0.25) is 0 Å². The van der Waals surface area contributed by atoms with Gasteiger partial charge < -0.3 is 10.6 Å². The Bertz CT molecular complexity index is 392. The lowest BCUT2D eigenvalue weighted by Crippen LogP contribution is -2.23. The molecule has 1 atom stereocenters. The average molecular weight is 264 g/mol. The standard InChI is InChI=1S/C15H24N2S/c1-12(11-16)7-8-17(2)14-5-6-15-13(10-14)4-3-9-18-15/h5-6,10,12H,3-4,7-9,11,16H2,1-2H3. The van der Waals surface area contributed by atoms with Crippen LogP contribution in [0, 0.1) is 5.92 Å². The fraction of sp³-hybridized carbons (Fsp3) is 0.600. The molecule has 0 aliphatic carbocycles. The van der Waals surface area contributed by atoms with E-state index in [1.165, 1.54) is 41.2 Å². The summed E-state index contributed by atoms with van der Waals surface area (Å²) in [5.74, 6) is 1.89. The summed E-state index contributed by atoms with van der Waals surface area (Å²) in [7, 11) is 2.18. The molecule has 0 aromatic heterocycles. The second-order valence-electron chi connectivity index (χ2n) is 5.30. The molecule has 0 spiro atoms. The third-order valence-corrected chi connectivity index (χ3v) is 4.89. The van der Waals surface area contributed by atoms with E-state index in [-0.39, 0.29) is 0 Å². The van der Waals surface area contributed by atoms with Gasteiger partial charge in [-0.05, 0) is 61.2 Å². The van der Waals surface area contributed by atoms with Crippen molar-refractivity contribution in [2.45, 2.75) is 31.1 Å². The van der Waals surface area contributed by atoms with Crippen molar-refractivity contribution in [2.24, 2.45) is 11.7 Å². The molecule has 0 fully saturated rings. The fourth-order valence-electron chi connectivity index (χ4n) is 2.25. The van der Waals surface area contributed by atoms with Crippen LogP contribution in [0.5, 0.6) is 0 Å². The van der Waals surface area contributed by atoms with E-state index in [1.54, 1.807) is 0 Å². The molecular formula is C15H24N2S. The molecule has 0 amide bonds. The highest BCUT2D eigenvalue weighted by atomic mass is 32.2. The Morgan fingerprint density at radius 2 is 2.28 bits per heavy atom. The number of nitrogens with two attached hydrogens (primary N) is 1. The summed E-state index contributed by atoms with van der Waals surface area (Å²) in [6.45, 7) is 4.09. The summed E-state index contributed by atoms with van der Waals surface area (Å²) in [4.78, 5) is 3.83. The third-order valence-electron chi connectivity index (χ3n) is 3.69. The van der Waals surface area contributed by atoms with Crippen molar-refractivity contribution in [3.05, 3.63) is 23.8 Å². The van der Waals surface area contributed by atoms with E-state index in [0.717, 1.165) is 13.1 Å². The van der Waals surface area contributed by atoms with Crippen LogP contribution in [-0.2, 0) is 6.42 Å². The lowest BCUT2D eigenvalue weighted by molar-refractivity contribution is 0.545. The number of thioether (sulfide) groups is 1. The van der Waals surface area contributed by atoms with Gasteiger partial charge in [0.25, 0.3) is 0 Å². The Labute approximate surface area is 115 Å². The monoisotopic (exact) mass is 264 g/mol. The highest BCUT2D eigenvalue weighted by Crippen LogP contribution is 2.32. The Balaban J connectivity index is 1.99. The van der Waals surface area contributed by atoms with Crippen molar-refractivity contribution in [2.75, 3.05) is 30.8 Å². The number of hydrogen-bond acceptors (Lipinski definition) is 3. The average Bonchev–Trinajstić information content (AvgIpc) is 2.43. The number of rotatable bonds is 5. The number of anilines is 1. The van der Waals surface area contributed by atoms with Crippen molar-refractivity contribution >= 4 is 17.4 Å². The molecule has 1 unspecified atom stereocenters. The van der Waals surface area contributed by atoms with Crippen LogP contribution < -0.4 is 10.6 Å². The zero-order valence-corrected chi connectivity index (χ0v) is 12.3. The summed E-state index contributed by atoms with van der Waals surface area (Å²) in [6, 6.07) is 6.91.